The Hall–Kier alpha value is -1.78. The molecule has 1 N–H and O–H groups in total. The number of aliphatic hydroxyl groups is 1. The topological polar surface area (TPSA) is 20.2 Å². The van der Waals surface area contributed by atoms with E-state index in [1.807, 2.05) is 24.3 Å². The molecule has 0 heterocycles. The lowest BCUT2D eigenvalue weighted by Crippen LogP contribution is -2.03. The highest BCUT2D eigenvalue weighted by molar-refractivity contribution is 5.86. The quantitative estimate of drug-likeness (QED) is 0.772. The Morgan fingerprint density at radius 2 is 1.88 bits per heavy atom. The van der Waals surface area contributed by atoms with E-state index in [9.17, 15) is 5.11 Å². The van der Waals surface area contributed by atoms with E-state index >= 15 is 0 Å². The third-order valence-electron chi connectivity index (χ3n) is 2.85. The van der Waals surface area contributed by atoms with Crippen molar-refractivity contribution < 1.29 is 5.11 Å². The molecule has 2 rings (SSSR count). The average Bonchev–Trinajstić information content (AvgIpc) is 2.35. The van der Waals surface area contributed by atoms with Crippen molar-refractivity contribution in [1.82, 2.24) is 0 Å². The van der Waals surface area contributed by atoms with Crippen molar-refractivity contribution in [2.24, 2.45) is 0 Å². The summed E-state index contributed by atoms with van der Waals surface area (Å²) in [6.45, 7) is 0.0954. The molecule has 1 heteroatoms. The molecule has 0 aliphatic rings. The van der Waals surface area contributed by atoms with E-state index in [4.69, 9.17) is 6.42 Å². The minimum absolute atomic E-state index is 0.0381. The number of terminal acetylenes is 1. The molecule has 0 spiro atoms. The van der Waals surface area contributed by atoms with Gasteiger partial charge in [0.15, 0.2) is 0 Å². The zero-order valence-corrected chi connectivity index (χ0v) is 9.06. The Balaban J connectivity index is 2.55. The van der Waals surface area contributed by atoms with E-state index in [1.165, 1.54) is 10.8 Å². The molecule has 0 bridgehead atoms. The van der Waals surface area contributed by atoms with Gasteiger partial charge in [-0.05, 0) is 16.3 Å². The van der Waals surface area contributed by atoms with E-state index in [0.29, 0.717) is 6.42 Å². The standard InChI is InChI=1S/C15H14O/c1-2-6-13(11-16)15-10-5-8-12-7-3-4-9-14(12)15/h1,3-5,7-10,13,16H,6,11H2. The minimum Gasteiger partial charge on any atom is -0.396 e. The van der Waals surface area contributed by atoms with Gasteiger partial charge in [-0.15, -0.1) is 12.3 Å². The number of aliphatic hydroxyl groups excluding tert-OH is 1. The van der Waals surface area contributed by atoms with Crippen LogP contribution in [0.25, 0.3) is 10.8 Å². The monoisotopic (exact) mass is 210 g/mol. The summed E-state index contributed by atoms with van der Waals surface area (Å²) in [5.41, 5.74) is 1.14. The van der Waals surface area contributed by atoms with E-state index in [-0.39, 0.29) is 12.5 Å². The summed E-state index contributed by atoms with van der Waals surface area (Å²) in [7, 11) is 0. The molecule has 0 aliphatic carbocycles. The highest BCUT2D eigenvalue weighted by atomic mass is 16.3. The number of hydrogen-bond donors (Lipinski definition) is 1. The van der Waals surface area contributed by atoms with Gasteiger partial charge in [-0.25, -0.2) is 0 Å². The van der Waals surface area contributed by atoms with Gasteiger partial charge in [0.1, 0.15) is 0 Å². The molecule has 2 aromatic rings. The predicted octanol–water partition coefficient (Wildman–Crippen LogP) is 2.94. The number of rotatable bonds is 3. The first kappa shape index (κ1) is 10.7. The first-order chi connectivity index (χ1) is 7.86. The lowest BCUT2D eigenvalue weighted by atomic mass is 9.92. The molecule has 0 aliphatic heterocycles. The lowest BCUT2D eigenvalue weighted by Gasteiger charge is -2.14. The van der Waals surface area contributed by atoms with Crippen LogP contribution in [0, 0.1) is 12.3 Å². The molecule has 1 nitrogen and oxygen atoms in total. The highest BCUT2D eigenvalue weighted by Gasteiger charge is 2.11. The lowest BCUT2D eigenvalue weighted by molar-refractivity contribution is 0.267. The van der Waals surface area contributed by atoms with Crippen LogP contribution in [-0.2, 0) is 0 Å². The van der Waals surface area contributed by atoms with Gasteiger partial charge < -0.3 is 5.11 Å². The fourth-order valence-corrected chi connectivity index (χ4v) is 2.02. The van der Waals surface area contributed by atoms with Crippen LogP contribution in [0.4, 0.5) is 0 Å². The third-order valence-corrected chi connectivity index (χ3v) is 2.85. The van der Waals surface area contributed by atoms with Crippen molar-refractivity contribution >= 4 is 10.8 Å². The van der Waals surface area contributed by atoms with Crippen molar-refractivity contribution in [2.45, 2.75) is 12.3 Å². The largest absolute Gasteiger partial charge is 0.396 e. The Labute approximate surface area is 95.7 Å². The summed E-state index contributed by atoms with van der Waals surface area (Å²) < 4.78 is 0. The van der Waals surface area contributed by atoms with Gasteiger partial charge in [0, 0.05) is 12.3 Å². The van der Waals surface area contributed by atoms with Crippen molar-refractivity contribution in [3.63, 3.8) is 0 Å². The van der Waals surface area contributed by atoms with E-state index in [0.717, 1.165) is 5.56 Å². The van der Waals surface area contributed by atoms with Gasteiger partial charge >= 0.3 is 0 Å². The van der Waals surface area contributed by atoms with Crippen LogP contribution in [0.3, 0.4) is 0 Å². The Morgan fingerprint density at radius 1 is 1.12 bits per heavy atom. The van der Waals surface area contributed by atoms with Crippen molar-refractivity contribution in [3.8, 4) is 12.3 Å². The van der Waals surface area contributed by atoms with Crippen LogP contribution in [0.5, 0.6) is 0 Å². The molecule has 1 atom stereocenters. The summed E-state index contributed by atoms with van der Waals surface area (Å²) in [6.07, 6.45) is 5.90. The predicted molar refractivity (Wildman–Crippen MR) is 67.2 cm³/mol. The Bertz CT molecular complexity index is 517. The highest BCUT2D eigenvalue weighted by Crippen LogP contribution is 2.27. The summed E-state index contributed by atoms with van der Waals surface area (Å²) in [5.74, 6) is 2.66. The second-order valence-electron chi connectivity index (χ2n) is 3.86. The normalized spacial score (nSPS) is 12.2. The first-order valence-corrected chi connectivity index (χ1v) is 5.38. The molecule has 0 amide bonds. The number of benzene rings is 2. The number of fused-ring (bicyclic) bond motifs is 1. The zero-order chi connectivity index (χ0) is 11.4. The molecule has 0 saturated carbocycles. The first-order valence-electron chi connectivity index (χ1n) is 5.38. The zero-order valence-electron chi connectivity index (χ0n) is 9.06. The molecule has 80 valence electrons. The van der Waals surface area contributed by atoms with Gasteiger partial charge in [0.25, 0.3) is 0 Å². The van der Waals surface area contributed by atoms with Crippen LogP contribution < -0.4 is 0 Å². The SMILES string of the molecule is C#CCC(CO)c1cccc2ccccc12. The molecule has 0 radical (unpaired) electrons. The molecular formula is C15H14O. The van der Waals surface area contributed by atoms with E-state index < -0.39 is 0 Å². The molecule has 0 aromatic heterocycles. The molecule has 0 fully saturated rings. The molecule has 1 unspecified atom stereocenters. The van der Waals surface area contributed by atoms with Crippen LogP contribution in [0.2, 0.25) is 0 Å². The molecule has 2 aromatic carbocycles. The maximum absolute atomic E-state index is 9.37. The Kier molecular flexibility index (Phi) is 3.24. The summed E-state index contributed by atoms with van der Waals surface area (Å²) in [6, 6.07) is 14.3. The second kappa shape index (κ2) is 4.83. The van der Waals surface area contributed by atoms with Crippen LogP contribution in [-0.4, -0.2) is 11.7 Å². The fourth-order valence-electron chi connectivity index (χ4n) is 2.02. The van der Waals surface area contributed by atoms with Gasteiger partial charge in [0.05, 0.1) is 6.61 Å². The summed E-state index contributed by atoms with van der Waals surface area (Å²) in [5, 5.41) is 11.7. The Morgan fingerprint density at radius 3 is 2.62 bits per heavy atom. The fraction of sp³-hybridized carbons (Fsp3) is 0.200. The molecule has 16 heavy (non-hydrogen) atoms. The van der Waals surface area contributed by atoms with E-state index in [2.05, 4.69) is 24.1 Å². The van der Waals surface area contributed by atoms with E-state index in [1.54, 1.807) is 0 Å². The van der Waals surface area contributed by atoms with Crippen molar-refractivity contribution in [2.75, 3.05) is 6.61 Å². The maximum Gasteiger partial charge on any atom is 0.0509 e. The minimum atomic E-state index is 0.0381. The molecule has 0 saturated heterocycles. The smallest absolute Gasteiger partial charge is 0.0509 e. The van der Waals surface area contributed by atoms with Crippen molar-refractivity contribution in [3.05, 3.63) is 48.0 Å². The molecular weight excluding hydrogens is 196 g/mol. The summed E-state index contributed by atoms with van der Waals surface area (Å²) in [4.78, 5) is 0. The second-order valence-corrected chi connectivity index (χ2v) is 3.86. The third kappa shape index (κ3) is 1.93. The maximum atomic E-state index is 9.37. The van der Waals surface area contributed by atoms with Crippen molar-refractivity contribution in [1.29, 1.82) is 0 Å². The summed E-state index contributed by atoms with van der Waals surface area (Å²) >= 11 is 0. The van der Waals surface area contributed by atoms with Crippen LogP contribution >= 0.6 is 0 Å². The van der Waals surface area contributed by atoms with Gasteiger partial charge in [0.2, 0.25) is 0 Å². The average molecular weight is 210 g/mol. The number of hydrogen-bond acceptors (Lipinski definition) is 1. The van der Waals surface area contributed by atoms with Crippen LogP contribution in [0.15, 0.2) is 42.5 Å². The van der Waals surface area contributed by atoms with Crippen LogP contribution in [0.1, 0.15) is 17.9 Å². The van der Waals surface area contributed by atoms with Gasteiger partial charge in [-0.2, -0.15) is 0 Å². The van der Waals surface area contributed by atoms with Gasteiger partial charge in [-0.1, -0.05) is 42.5 Å². The van der Waals surface area contributed by atoms with Gasteiger partial charge in [-0.3, -0.25) is 0 Å².